The molecule has 2 aromatic carbocycles. The third kappa shape index (κ3) is 3.62. The second-order valence-corrected chi connectivity index (χ2v) is 8.67. The van der Waals surface area contributed by atoms with Crippen LogP contribution in [0.2, 0.25) is 0 Å². The number of amides is 1. The van der Waals surface area contributed by atoms with Crippen LogP contribution in [-0.4, -0.2) is 53.2 Å². The molecule has 2 aromatic heterocycles. The lowest BCUT2D eigenvalue weighted by Gasteiger charge is -2.22. The second-order valence-electron chi connectivity index (χ2n) is 8.67. The third-order valence-corrected chi connectivity index (χ3v) is 6.22. The second kappa shape index (κ2) is 8.31. The first-order valence-corrected chi connectivity index (χ1v) is 11.0. The van der Waals surface area contributed by atoms with Crippen LogP contribution >= 0.6 is 0 Å². The molecule has 4 aromatic rings. The minimum Gasteiger partial charge on any atom is -0.351 e. The Hall–Kier alpha value is -3.32. The zero-order chi connectivity index (χ0) is 22.2. The van der Waals surface area contributed by atoms with E-state index in [1.54, 1.807) is 12.1 Å². The fourth-order valence-electron chi connectivity index (χ4n) is 4.61. The van der Waals surface area contributed by atoms with Gasteiger partial charge >= 0.3 is 0 Å². The number of aromatic amines is 1. The number of nitrogens with one attached hydrogen (secondary N) is 2. The molecule has 0 radical (unpaired) electrons. The number of rotatable bonds is 5. The van der Waals surface area contributed by atoms with Crippen LogP contribution in [0.1, 0.15) is 34.3 Å². The van der Waals surface area contributed by atoms with Gasteiger partial charge in [0.2, 0.25) is 0 Å². The SMILES string of the molecule is CN(C)CCNC(=O)c1ccc(-c2nc3ccc4[nH]ncc4c3c3c2CCCC3)c(F)c1. The molecule has 0 saturated carbocycles. The molecule has 0 saturated heterocycles. The summed E-state index contributed by atoms with van der Waals surface area (Å²) in [5.41, 5.74) is 5.64. The molecule has 7 heteroatoms. The van der Waals surface area contributed by atoms with Crippen molar-refractivity contribution in [1.29, 1.82) is 0 Å². The molecule has 2 N–H and O–H groups in total. The van der Waals surface area contributed by atoms with Gasteiger partial charge in [-0.2, -0.15) is 5.10 Å². The predicted molar refractivity (Wildman–Crippen MR) is 124 cm³/mol. The Morgan fingerprint density at radius 2 is 1.97 bits per heavy atom. The fourth-order valence-corrected chi connectivity index (χ4v) is 4.61. The summed E-state index contributed by atoms with van der Waals surface area (Å²) in [4.78, 5) is 19.3. The number of aromatic nitrogens is 3. The number of H-pyrrole nitrogens is 1. The number of hydrogen-bond acceptors (Lipinski definition) is 4. The molecule has 1 amide bonds. The topological polar surface area (TPSA) is 73.9 Å². The van der Waals surface area contributed by atoms with Crippen LogP contribution in [-0.2, 0) is 12.8 Å². The highest BCUT2D eigenvalue weighted by Crippen LogP contribution is 2.38. The van der Waals surface area contributed by atoms with Crippen molar-refractivity contribution in [1.82, 2.24) is 25.4 Å². The van der Waals surface area contributed by atoms with Crippen LogP contribution in [0.15, 0.2) is 36.5 Å². The standard InChI is InChI=1S/C25H26FN5O/c1-31(2)12-11-27-25(32)15-7-8-18(20(26)13-15)24-17-6-4-3-5-16(17)23-19-14-28-30-21(19)9-10-22(23)29-24/h7-10,13-14H,3-6,11-12H2,1-2H3,(H,27,32)(H,28,30). The van der Waals surface area contributed by atoms with Crippen LogP contribution in [0.5, 0.6) is 0 Å². The van der Waals surface area contributed by atoms with E-state index in [9.17, 15) is 4.79 Å². The molecule has 32 heavy (non-hydrogen) atoms. The molecule has 6 nitrogen and oxygen atoms in total. The van der Waals surface area contributed by atoms with Gasteiger partial charge in [-0.25, -0.2) is 9.37 Å². The van der Waals surface area contributed by atoms with E-state index in [0.717, 1.165) is 59.6 Å². The van der Waals surface area contributed by atoms with E-state index >= 15 is 4.39 Å². The highest BCUT2D eigenvalue weighted by atomic mass is 19.1. The number of benzene rings is 2. The monoisotopic (exact) mass is 431 g/mol. The first kappa shape index (κ1) is 20.6. The van der Waals surface area contributed by atoms with Crippen LogP contribution in [0, 0.1) is 5.82 Å². The van der Waals surface area contributed by atoms with E-state index in [-0.39, 0.29) is 5.91 Å². The molecule has 0 aliphatic heterocycles. The molecule has 0 unspecified atom stereocenters. The smallest absolute Gasteiger partial charge is 0.251 e. The summed E-state index contributed by atoms with van der Waals surface area (Å²) in [6.07, 6.45) is 5.82. The van der Waals surface area contributed by atoms with Crippen LogP contribution in [0.3, 0.4) is 0 Å². The van der Waals surface area contributed by atoms with Gasteiger partial charge in [0.25, 0.3) is 5.91 Å². The molecule has 0 atom stereocenters. The van der Waals surface area contributed by atoms with Crippen LogP contribution in [0.4, 0.5) is 4.39 Å². The van der Waals surface area contributed by atoms with E-state index in [0.29, 0.717) is 23.4 Å². The quantitative estimate of drug-likeness (QED) is 0.499. The van der Waals surface area contributed by atoms with Crippen molar-refractivity contribution in [3.05, 3.63) is 59.0 Å². The first-order chi connectivity index (χ1) is 15.5. The van der Waals surface area contributed by atoms with E-state index in [4.69, 9.17) is 4.98 Å². The summed E-state index contributed by atoms with van der Waals surface area (Å²) in [6, 6.07) is 8.63. The van der Waals surface area contributed by atoms with Gasteiger partial charge in [-0.3, -0.25) is 9.89 Å². The van der Waals surface area contributed by atoms with E-state index in [2.05, 4.69) is 15.5 Å². The summed E-state index contributed by atoms with van der Waals surface area (Å²) in [7, 11) is 3.88. The van der Waals surface area contributed by atoms with Gasteiger partial charge < -0.3 is 10.2 Å². The number of carbonyl (C=O) groups is 1. The third-order valence-electron chi connectivity index (χ3n) is 6.22. The highest BCUT2D eigenvalue weighted by molar-refractivity contribution is 6.07. The molecule has 1 aliphatic carbocycles. The first-order valence-electron chi connectivity index (χ1n) is 11.0. The van der Waals surface area contributed by atoms with Gasteiger partial charge in [-0.1, -0.05) is 0 Å². The molecule has 2 heterocycles. The Labute approximate surface area is 185 Å². The summed E-state index contributed by atoms with van der Waals surface area (Å²) in [6.45, 7) is 1.24. The fraction of sp³-hybridized carbons (Fsp3) is 0.320. The van der Waals surface area contributed by atoms with E-state index < -0.39 is 5.82 Å². The maximum Gasteiger partial charge on any atom is 0.251 e. The van der Waals surface area contributed by atoms with Crippen LogP contribution in [0.25, 0.3) is 33.1 Å². The summed E-state index contributed by atoms with van der Waals surface area (Å²) < 4.78 is 15.3. The molecule has 1 aliphatic rings. The molecular weight excluding hydrogens is 405 g/mol. The normalized spacial score (nSPS) is 13.6. The zero-order valence-electron chi connectivity index (χ0n) is 18.3. The van der Waals surface area contributed by atoms with E-state index in [1.807, 2.05) is 37.3 Å². The van der Waals surface area contributed by atoms with Crippen molar-refractivity contribution in [2.45, 2.75) is 25.7 Å². The average molecular weight is 432 g/mol. The van der Waals surface area contributed by atoms with Crippen molar-refractivity contribution in [3.8, 4) is 11.3 Å². The number of nitrogens with zero attached hydrogens (tertiary/aromatic N) is 3. The van der Waals surface area contributed by atoms with E-state index in [1.165, 1.54) is 11.6 Å². The number of hydrogen-bond donors (Lipinski definition) is 2. The lowest BCUT2D eigenvalue weighted by Crippen LogP contribution is -2.31. The largest absolute Gasteiger partial charge is 0.351 e. The Balaban J connectivity index is 1.57. The summed E-state index contributed by atoms with van der Waals surface area (Å²) in [5.74, 6) is -0.692. The van der Waals surface area contributed by atoms with Crippen molar-refractivity contribution >= 4 is 27.7 Å². The maximum atomic E-state index is 15.3. The summed E-state index contributed by atoms with van der Waals surface area (Å²) in [5, 5.41) is 12.2. The highest BCUT2D eigenvalue weighted by Gasteiger charge is 2.23. The lowest BCUT2D eigenvalue weighted by atomic mass is 9.85. The number of fused-ring (bicyclic) bond motifs is 5. The molecule has 0 spiro atoms. The minimum atomic E-state index is -0.422. The molecule has 0 fully saturated rings. The zero-order valence-corrected chi connectivity index (χ0v) is 18.3. The Kier molecular flexibility index (Phi) is 5.35. The number of aryl methyl sites for hydroxylation is 1. The van der Waals surface area contributed by atoms with Crippen LogP contribution < -0.4 is 5.32 Å². The van der Waals surface area contributed by atoms with Crippen molar-refractivity contribution in [3.63, 3.8) is 0 Å². The molecule has 164 valence electrons. The van der Waals surface area contributed by atoms with Crippen molar-refractivity contribution in [2.75, 3.05) is 27.2 Å². The average Bonchev–Trinajstić information content (AvgIpc) is 3.27. The number of pyridine rings is 1. The Morgan fingerprint density at radius 3 is 2.75 bits per heavy atom. The van der Waals surface area contributed by atoms with Crippen molar-refractivity contribution < 1.29 is 9.18 Å². The molecular formula is C25H26FN5O. The van der Waals surface area contributed by atoms with Gasteiger partial charge in [0, 0.05) is 35.0 Å². The van der Waals surface area contributed by atoms with Gasteiger partial charge in [0.15, 0.2) is 0 Å². The van der Waals surface area contributed by atoms with Gasteiger partial charge in [0.1, 0.15) is 5.82 Å². The molecule has 0 bridgehead atoms. The summed E-state index contributed by atoms with van der Waals surface area (Å²) >= 11 is 0. The molecule has 5 rings (SSSR count). The Morgan fingerprint density at radius 1 is 1.16 bits per heavy atom. The lowest BCUT2D eigenvalue weighted by molar-refractivity contribution is 0.0950. The van der Waals surface area contributed by atoms with Gasteiger partial charge in [0.05, 0.1) is 22.9 Å². The van der Waals surface area contributed by atoms with Gasteiger partial charge in [-0.15, -0.1) is 0 Å². The number of carbonyl (C=O) groups excluding carboxylic acids is 1. The minimum absolute atomic E-state index is 0.270. The maximum absolute atomic E-state index is 15.3. The Bertz CT molecular complexity index is 1330. The number of likely N-dealkylation sites (N-methyl/N-ethyl adjacent to an activating group) is 1. The van der Waals surface area contributed by atoms with Crippen molar-refractivity contribution in [2.24, 2.45) is 0 Å². The number of halogens is 1. The predicted octanol–water partition coefficient (Wildman–Crippen LogP) is 4.09. The van der Waals surface area contributed by atoms with Gasteiger partial charge in [-0.05, 0) is 81.2 Å².